The molecule has 0 saturated heterocycles. The molecule has 3 heteroatoms. The quantitative estimate of drug-likeness (QED) is 0.531. The lowest BCUT2D eigenvalue weighted by molar-refractivity contribution is 0.244. The van der Waals surface area contributed by atoms with E-state index in [2.05, 4.69) is 6.58 Å². The predicted molar refractivity (Wildman–Crippen MR) is 87.0 cm³/mol. The Labute approximate surface area is 130 Å². The van der Waals surface area contributed by atoms with Gasteiger partial charge < -0.3 is 9.47 Å². The van der Waals surface area contributed by atoms with Crippen LogP contribution in [0.1, 0.15) is 18.1 Å². The highest BCUT2D eigenvalue weighted by atomic mass is 19.1. The van der Waals surface area contributed by atoms with Crippen molar-refractivity contribution in [3.05, 3.63) is 83.9 Å². The monoisotopic (exact) mass is 298 g/mol. The smallest absolute Gasteiger partial charge is 0.165 e. The lowest BCUT2D eigenvalue weighted by atomic mass is 10.2. The number of benzene rings is 2. The SMILES string of the molecule is C=C(/C=C/c1ccc(OCc2ccccc2)c(F)c1)OCC. The molecule has 0 heterocycles. The molecule has 0 aromatic heterocycles. The Kier molecular flexibility index (Phi) is 5.78. The van der Waals surface area contributed by atoms with Gasteiger partial charge in [-0.1, -0.05) is 49.1 Å². The first kappa shape index (κ1) is 15.8. The van der Waals surface area contributed by atoms with Crippen LogP contribution in [0.3, 0.4) is 0 Å². The van der Waals surface area contributed by atoms with Gasteiger partial charge in [-0.15, -0.1) is 0 Å². The molecule has 0 aliphatic rings. The zero-order chi connectivity index (χ0) is 15.8. The largest absolute Gasteiger partial charge is 0.495 e. The summed E-state index contributed by atoms with van der Waals surface area (Å²) in [6.07, 6.45) is 3.46. The summed E-state index contributed by atoms with van der Waals surface area (Å²) >= 11 is 0. The molecule has 0 atom stereocenters. The van der Waals surface area contributed by atoms with Crippen LogP contribution in [0.4, 0.5) is 4.39 Å². The first-order chi connectivity index (χ1) is 10.7. The van der Waals surface area contributed by atoms with Crippen LogP contribution in [0.5, 0.6) is 5.75 Å². The molecule has 0 amide bonds. The Morgan fingerprint density at radius 1 is 1.18 bits per heavy atom. The molecule has 0 spiro atoms. The van der Waals surface area contributed by atoms with Gasteiger partial charge in [-0.05, 0) is 36.3 Å². The minimum Gasteiger partial charge on any atom is -0.495 e. The molecular formula is C19H19FO2. The number of hydrogen-bond acceptors (Lipinski definition) is 2. The zero-order valence-electron chi connectivity index (χ0n) is 12.6. The second-order valence-corrected chi connectivity index (χ2v) is 4.70. The number of ether oxygens (including phenoxy) is 2. The average Bonchev–Trinajstić information content (AvgIpc) is 2.53. The van der Waals surface area contributed by atoms with Crippen LogP contribution in [0.25, 0.3) is 6.08 Å². The highest BCUT2D eigenvalue weighted by Gasteiger charge is 2.04. The van der Waals surface area contributed by atoms with Crippen molar-refractivity contribution in [2.24, 2.45) is 0 Å². The van der Waals surface area contributed by atoms with E-state index in [0.717, 1.165) is 11.1 Å². The third kappa shape index (κ3) is 4.77. The fraction of sp³-hybridized carbons (Fsp3) is 0.158. The van der Waals surface area contributed by atoms with Gasteiger partial charge >= 0.3 is 0 Å². The fourth-order valence-corrected chi connectivity index (χ4v) is 1.90. The molecule has 0 aliphatic carbocycles. The molecule has 0 unspecified atom stereocenters. The van der Waals surface area contributed by atoms with Gasteiger partial charge in [-0.2, -0.15) is 0 Å². The van der Waals surface area contributed by atoms with E-state index in [-0.39, 0.29) is 11.6 Å². The Morgan fingerprint density at radius 3 is 2.64 bits per heavy atom. The highest BCUT2D eigenvalue weighted by molar-refractivity contribution is 5.53. The molecule has 2 aromatic rings. The maximum absolute atomic E-state index is 14.0. The van der Waals surface area contributed by atoms with Gasteiger partial charge in [-0.25, -0.2) is 4.39 Å². The average molecular weight is 298 g/mol. The van der Waals surface area contributed by atoms with E-state index in [4.69, 9.17) is 9.47 Å². The fourth-order valence-electron chi connectivity index (χ4n) is 1.90. The molecule has 0 fully saturated rings. The summed E-state index contributed by atoms with van der Waals surface area (Å²) in [4.78, 5) is 0. The molecular weight excluding hydrogens is 279 g/mol. The first-order valence-corrected chi connectivity index (χ1v) is 7.15. The summed E-state index contributed by atoms with van der Waals surface area (Å²) in [6, 6.07) is 14.5. The van der Waals surface area contributed by atoms with Crippen molar-refractivity contribution < 1.29 is 13.9 Å². The van der Waals surface area contributed by atoms with Crippen LogP contribution in [0, 0.1) is 5.82 Å². The Bertz CT molecular complexity index is 648. The summed E-state index contributed by atoms with van der Waals surface area (Å²) in [6.45, 7) is 6.52. The third-order valence-corrected chi connectivity index (χ3v) is 2.98. The molecule has 2 aromatic carbocycles. The van der Waals surface area contributed by atoms with E-state index >= 15 is 0 Å². The normalized spacial score (nSPS) is 10.6. The van der Waals surface area contributed by atoms with Crippen molar-refractivity contribution in [1.29, 1.82) is 0 Å². The van der Waals surface area contributed by atoms with E-state index in [9.17, 15) is 4.39 Å². The molecule has 0 saturated carbocycles. The minimum absolute atomic E-state index is 0.240. The summed E-state index contributed by atoms with van der Waals surface area (Å²) in [5, 5.41) is 0. The Morgan fingerprint density at radius 2 is 1.95 bits per heavy atom. The summed E-state index contributed by atoms with van der Waals surface area (Å²) in [5.41, 5.74) is 1.73. The maximum Gasteiger partial charge on any atom is 0.165 e. The van der Waals surface area contributed by atoms with Crippen molar-refractivity contribution in [2.45, 2.75) is 13.5 Å². The lowest BCUT2D eigenvalue weighted by Gasteiger charge is -2.08. The van der Waals surface area contributed by atoms with Gasteiger partial charge in [0.05, 0.1) is 6.61 Å². The van der Waals surface area contributed by atoms with E-state index in [0.29, 0.717) is 19.0 Å². The Hall–Kier alpha value is -2.55. The molecule has 0 bridgehead atoms. The van der Waals surface area contributed by atoms with Crippen molar-refractivity contribution in [3.8, 4) is 5.75 Å². The number of rotatable bonds is 7. The molecule has 114 valence electrons. The van der Waals surface area contributed by atoms with E-state index < -0.39 is 0 Å². The zero-order valence-corrected chi connectivity index (χ0v) is 12.6. The van der Waals surface area contributed by atoms with Gasteiger partial charge in [-0.3, -0.25) is 0 Å². The first-order valence-electron chi connectivity index (χ1n) is 7.15. The summed E-state index contributed by atoms with van der Waals surface area (Å²) in [5.74, 6) is 0.400. The summed E-state index contributed by atoms with van der Waals surface area (Å²) < 4.78 is 24.7. The van der Waals surface area contributed by atoms with Crippen LogP contribution >= 0.6 is 0 Å². The molecule has 0 N–H and O–H groups in total. The molecule has 2 nitrogen and oxygen atoms in total. The predicted octanol–water partition coefficient (Wildman–Crippen LogP) is 4.97. The van der Waals surface area contributed by atoms with Gasteiger partial charge in [0.1, 0.15) is 12.4 Å². The molecule has 2 rings (SSSR count). The molecule has 22 heavy (non-hydrogen) atoms. The number of hydrogen-bond donors (Lipinski definition) is 0. The highest BCUT2D eigenvalue weighted by Crippen LogP contribution is 2.20. The van der Waals surface area contributed by atoms with Crippen LogP contribution in [-0.4, -0.2) is 6.61 Å². The van der Waals surface area contributed by atoms with Gasteiger partial charge in [0.25, 0.3) is 0 Å². The van der Waals surface area contributed by atoms with Gasteiger partial charge in [0.15, 0.2) is 11.6 Å². The number of halogens is 1. The maximum atomic E-state index is 14.0. The third-order valence-electron chi connectivity index (χ3n) is 2.98. The lowest BCUT2D eigenvalue weighted by Crippen LogP contribution is -1.97. The van der Waals surface area contributed by atoms with Crippen molar-refractivity contribution in [1.82, 2.24) is 0 Å². The minimum atomic E-state index is -0.389. The van der Waals surface area contributed by atoms with Crippen LogP contribution in [-0.2, 0) is 11.3 Å². The topological polar surface area (TPSA) is 18.5 Å². The van der Waals surface area contributed by atoms with Crippen LogP contribution < -0.4 is 4.74 Å². The summed E-state index contributed by atoms with van der Waals surface area (Å²) in [7, 11) is 0. The van der Waals surface area contributed by atoms with Crippen molar-refractivity contribution in [2.75, 3.05) is 6.61 Å². The molecule has 0 radical (unpaired) electrons. The van der Waals surface area contributed by atoms with E-state index in [1.165, 1.54) is 6.07 Å². The number of allylic oxidation sites excluding steroid dienone is 1. The second kappa shape index (κ2) is 8.03. The Balaban J connectivity index is 1.99. The van der Waals surface area contributed by atoms with Gasteiger partial charge in [0.2, 0.25) is 0 Å². The van der Waals surface area contributed by atoms with Crippen molar-refractivity contribution >= 4 is 6.08 Å². The van der Waals surface area contributed by atoms with Crippen LogP contribution in [0.15, 0.2) is 66.9 Å². The van der Waals surface area contributed by atoms with E-state index in [1.807, 2.05) is 37.3 Å². The van der Waals surface area contributed by atoms with E-state index in [1.54, 1.807) is 24.3 Å². The standard InChI is InChI=1S/C19H19FO2/c1-3-21-15(2)9-10-16-11-12-19(18(20)13-16)22-14-17-7-5-4-6-8-17/h4-13H,2-3,14H2,1H3/b10-9+. The van der Waals surface area contributed by atoms with Gasteiger partial charge in [0, 0.05) is 0 Å². The second-order valence-electron chi connectivity index (χ2n) is 4.70. The van der Waals surface area contributed by atoms with Crippen molar-refractivity contribution in [3.63, 3.8) is 0 Å². The van der Waals surface area contributed by atoms with Crippen LogP contribution in [0.2, 0.25) is 0 Å². The molecule has 0 aliphatic heterocycles.